The topological polar surface area (TPSA) is 57.5 Å². The minimum atomic E-state index is -0.807. The van der Waals surface area contributed by atoms with Crippen LogP contribution < -0.4 is 0 Å². The Morgan fingerprint density at radius 2 is 1.87 bits per heavy atom. The number of fused-ring (bicyclic) bond motifs is 3. The molecule has 0 bridgehead atoms. The number of ketones is 1. The highest BCUT2D eigenvalue weighted by Gasteiger charge is 2.62. The van der Waals surface area contributed by atoms with Gasteiger partial charge in [0.1, 0.15) is 5.78 Å². The second kappa shape index (κ2) is 5.03. The Labute approximate surface area is 139 Å². The van der Waals surface area contributed by atoms with Crippen LogP contribution in [0.5, 0.6) is 0 Å². The minimum Gasteiger partial charge on any atom is -0.388 e. The van der Waals surface area contributed by atoms with Gasteiger partial charge in [-0.15, -0.1) is 0 Å². The van der Waals surface area contributed by atoms with E-state index in [9.17, 15) is 15.0 Å². The van der Waals surface area contributed by atoms with Gasteiger partial charge < -0.3 is 10.2 Å². The third kappa shape index (κ3) is 2.35. The molecule has 3 aliphatic carbocycles. The lowest BCUT2D eigenvalue weighted by Crippen LogP contribution is -2.54. The van der Waals surface area contributed by atoms with Gasteiger partial charge in [-0.25, -0.2) is 0 Å². The lowest BCUT2D eigenvalue weighted by molar-refractivity contribution is -0.147. The summed E-state index contributed by atoms with van der Waals surface area (Å²) in [5, 5.41) is 21.1. The van der Waals surface area contributed by atoms with Gasteiger partial charge in [0.25, 0.3) is 0 Å². The van der Waals surface area contributed by atoms with E-state index in [1.165, 1.54) is 5.57 Å². The summed E-state index contributed by atoms with van der Waals surface area (Å²) in [6.07, 6.45) is 7.24. The van der Waals surface area contributed by atoms with E-state index in [0.29, 0.717) is 18.8 Å². The molecule has 1 saturated carbocycles. The zero-order valence-corrected chi connectivity index (χ0v) is 15.0. The molecule has 2 N–H and O–H groups in total. The second-order valence-corrected chi connectivity index (χ2v) is 8.97. The summed E-state index contributed by atoms with van der Waals surface area (Å²) in [5.41, 5.74) is -0.522. The zero-order valence-electron chi connectivity index (χ0n) is 15.0. The number of carbonyl (C=O) groups excluding carboxylic acids is 1. The van der Waals surface area contributed by atoms with Crippen molar-refractivity contribution in [3.05, 3.63) is 23.8 Å². The Morgan fingerprint density at radius 1 is 1.22 bits per heavy atom. The fourth-order valence-corrected chi connectivity index (χ4v) is 5.16. The summed E-state index contributed by atoms with van der Waals surface area (Å²) in [5.74, 6) is 0.828. The van der Waals surface area contributed by atoms with Gasteiger partial charge in [0, 0.05) is 6.42 Å². The number of carbonyl (C=O) groups is 1. The van der Waals surface area contributed by atoms with Crippen molar-refractivity contribution in [2.45, 2.75) is 65.6 Å². The van der Waals surface area contributed by atoms with Gasteiger partial charge in [-0.2, -0.15) is 0 Å². The highest BCUT2D eigenvalue weighted by atomic mass is 16.3. The predicted octanol–water partition coefficient (Wildman–Crippen LogP) is 3.26. The van der Waals surface area contributed by atoms with Crippen LogP contribution >= 0.6 is 0 Å². The van der Waals surface area contributed by atoms with E-state index < -0.39 is 17.1 Å². The molecule has 0 heterocycles. The molecule has 0 saturated heterocycles. The molecule has 128 valence electrons. The molecule has 0 radical (unpaired) electrons. The highest BCUT2D eigenvalue weighted by Crippen LogP contribution is 2.61. The van der Waals surface area contributed by atoms with E-state index in [0.717, 1.165) is 6.42 Å². The van der Waals surface area contributed by atoms with Crippen LogP contribution in [0.25, 0.3) is 0 Å². The smallest absolute Gasteiger partial charge is 0.143 e. The number of allylic oxidation sites excluding steroid dienone is 2. The lowest BCUT2D eigenvalue weighted by Gasteiger charge is -2.52. The maximum absolute atomic E-state index is 13.0. The molecular formula is C20H30O3. The first kappa shape index (κ1) is 16.9. The highest BCUT2D eigenvalue weighted by molar-refractivity contribution is 5.89. The van der Waals surface area contributed by atoms with Gasteiger partial charge in [-0.3, -0.25) is 4.79 Å². The van der Waals surface area contributed by atoms with Crippen LogP contribution in [-0.4, -0.2) is 27.7 Å². The van der Waals surface area contributed by atoms with Crippen LogP contribution in [0, 0.1) is 28.6 Å². The van der Waals surface area contributed by atoms with Crippen LogP contribution in [0.3, 0.4) is 0 Å². The molecule has 0 aromatic rings. The first-order chi connectivity index (χ1) is 10.5. The first-order valence-corrected chi connectivity index (χ1v) is 8.87. The third-order valence-corrected chi connectivity index (χ3v) is 6.81. The van der Waals surface area contributed by atoms with E-state index in [1.807, 2.05) is 26.0 Å². The summed E-state index contributed by atoms with van der Waals surface area (Å²) < 4.78 is 0. The van der Waals surface area contributed by atoms with Crippen molar-refractivity contribution < 1.29 is 15.0 Å². The molecule has 0 aromatic carbocycles. The van der Waals surface area contributed by atoms with E-state index in [-0.39, 0.29) is 23.0 Å². The quantitative estimate of drug-likeness (QED) is 0.730. The molecule has 0 spiro atoms. The molecule has 0 aliphatic heterocycles. The van der Waals surface area contributed by atoms with Crippen LogP contribution in [0.1, 0.15) is 53.9 Å². The Hall–Kier alpha value is -0.930. The van der Waals surface area contributed by atoms with E-state index in [2.05, 4.69) is 26.8 Å². The monoisotopic (exact) mass is 318 g/mol. The fraction of sp³-hybridized carbons (Fsp3) is 0.750. The number of hydrogen-bond acceptors (Lipinski definition) is 3. The minimum absolute atomic E-state index is 0.0716. The van der Waals surface area contributed by atoms with Crippen molar-refractivity contribution >= 4 is 5.78 Å². The summed E-state index contributed by atoms with van der Waals surface area (Å²) in [7, 11) is 0. The Bertz CT molecular complexity index is 586. The van der Waals surface area contributed by atoms with E-state index in [4.69, 9.17) is 0 Å². The first-order valence-electron chi connectivity index (χ1n) is 8.87. The Morgan fingerprint density at radius 3 is 2.48 bits per heavy atom. The van der Waals surface area contributed by atoms with Gasteiger partial charge in [0.2, 0.25) is 0 Å². The molecule has 23 heavy (non-hydrogen) atoms. The summed E-state index contributed by atoms with van der Waals surface area (Å²) in [6, 6.07) is 0. The van der Waals surface area contributed by atoms with Crippen LogP contribution in [0.4, 0.5) is 0 Å². The van der Waals surface area contributed by atoms with Crippen molar-refractivity contribution in [3.8, 4) is 0 Å². The standard InChI is InChI=1S/C20H30O3/c1-12(2)13-10-15(21)20(5)16(22)11-18(3)8-9-19(4,23)7-6-14(18)17(13)20/h8-10,12,14-15,17,21,23H,6-7,11H2,1-5H3. The van der Waals surface area contributed by atoms with Gasteiger partial charge in [-0.05, 0) is 49.9 Å². The molecule has 3 heteroatoms. The predicted molar refractivity (Wildman–Crippen MR) is 90.7 cm³/mol. The number of aliphatic hydroxyl groups excluding tert-OH is 1. The zero-order chi connectivity index (χ0) is 17.2. The van der Waals surface area contributed by atoms with Crippen molar-refractivity contribution in [1.29, 1.82) is 0 Å². The van der Waals surface area contributed by atoms with Gasteiger partial charge >= 0.3 is 0 Å². The number of aliphatic hydroxyl groups is 2. The Kier molecular flexibility index (Phi) is 3.70. The van der Waals surface area contributed by atoms with Crippen molar-refractivity contribution in [1.82, 2.24) is 0 Å². The maximum Gasteiger partial charge on any atom is 0.143 e. The molecule has 3 aliphatic rings. The van der Waals surface area contributed by atoms with Crippen LogP contribution in [-0.2, 0) is 4.79 Å². The fourth-order valence-electron chi connectivity index (χ4n) is 5.16. The van der Waals surface area contributed by atoms with E-state index in [1.54, 1.807) is 0 Å². The van der Waals surface area contributed by atoms with Gasteiger partial charge in [0.15, 0.2) is 0 Å². The number of Topliss-reactive ketones (excluding diaryl/α,β-unsaturated/α-hetero) is 1. The number of rotatable bonds is 1. The normalized spacial score (nSPS) is 49.7. The second-order valence-electron chi connectivity index (χ2n) is 8.97. The lowest BCUT2D eigenvalue weighted by atomic mass is 9.51. The average Bonchev–Trinajstić information content (AvgIpc) is 2.64. The van der Waals surface area contributed by atoms with Gasteiger partial charge in [-0.1, -0.05) is 44.6 Å². The third-order valence-electron chi connectivity index (χ3n) is 6.81. The molecule has 6 atom stereocenters. The van der Waals surface area contributed by atoms with Crippen molar-refractivity contribution in [2.75, 3.05) is 0 Å². The molecule has 3 nitrogen and oxygen atoms in total. The maximum atomic E-state index is 13.0. The van der Waals surface area contributed by atoms with Crippen molar-refractivity contribution in [2.24, 2.45) is 28.6 Å². The summed E-state index contributed by atoms with van der Waals surface area (Å²) in [6.45, 7) is 10.2. The van der Waals surface area contributed by atoms with Crippen molar-refractivity contribution in [3.63, 3.8) is 0 Å². The summed E-state index contributed by atoms with van der Waals surface area (Å²) in [4.78, 5) is 13.0. The Balaban J connectivity index is 2.11. The largest absolute Gasteiger partial charge is 0.388 e. The van der Waals surface area contributed by atoms with Crippen LogP contribution in [0.2, 0.25) is 0 Å². The van der Waals surface area contributed by atoms with Crippen LogP contribution in [0.15, 0.2) is 23.8 Å². The molecular weight excluding hydrogens is 288 g/mol. The molecule has 1 fully saturated rings. The molecule has 0 aromatic heterocycles. The molecule has 3 rings (SSSR count). The van der Waals surface area contributed by atoms with Gasteiger partial charge in [0.05, 0.1) is 17.1 Å². The summed E-state index contributed by atoms with van der Waals surface area (Å²) >= 11 is 0. The molecule has 0 amide bonds. The molecule has 6 unspecified atom stereocenters. The number of hydrogen-bond donors (Lipinski definition) is 2. The average molecular weight is 318 g/mol. The van der Waals surface area contributed by atoms with E-state index >= 15 is 0 Å². The SMILES string of the molecule is CC(C)C1=CC(O)C2(C)C(=O)CC3(C)C=CC(C)(O)CCC3C12.